The van der Waals surface area contributed by atoms with Crippen molar-refractivity contribution in [3.63, 3.8) is 0 Å². The first-order chi connectivity index (χ1) is 11.8. The molecule has 120 valence electrons. The minimum atomic E-state index is 0.160. The van der Waals surface area contributed by atoms with Crippen LogP contribution >= 0.6 is 11.3 Å². The molecule has 0 aliphatic carbocycles. The predicted octanol–water partition coefficient (Wildman–Crippen LogP) is 3.45. The van der Waals surface area contributed by atoms with Gasteiger partial charge in [-0.3, -0.25) is 4.68 Å². The fourth-order valence-electron chi connectivity index (χ4n) is 2.70. The summed E-state index contributed by atoms with van der Waals surface area (Å²) in [5.74, 6) is 0.854. The van der Waals surface area contributed by atoms with Gasteiger partial charge in [-0.2, -0.15) is 5.10 Å². The van der Waals surface area contributed by atoms with Gasteiger partial charge >= 0.3 is 0 Å². The Balaban J connectivity index is 1.69. The molecular formula is C17H16N6S. The van der Waals surface area contributed by atoms with Gasteiger partial charge in [-0.05, 0) is 12.5 Å². The Labute approximate surface area is 143 Å². The normalized spacial score (nSPS) is 12.4. The van der Waals surface area contributed by atoms with Crippen LogP contribution in [-0.2, 0) is 6.54 Å². The van der Waals surface area contributed by atoms with Crippen molar-refractivity contribution in [3.8, 4) is 11.1 Å². The zero-order valence-corrected chi connectivity index (χ0v) is 13.9. The van der Waals surface area contributed by atoms with E-state index in [4.69, 9.17) is 0 Å². The molecular weight excluding hydrogens is 320 g/mol. The maximum absolute atomic E-state index is 4.47. The van der Waals surface area contributed by atoms with E-state index in [0.717, 1.165) is 28.1 Å². The quantitative estimate of drug-likeness (QED) is 0.604. The van der Waals surface area contributed by atoms with Gasteiger partial charge in [-0.25, -0.2) is 15.0 Å². The molecule has 4 rings (SSSR count). The van der Waals surface area contributed by atoms with E-state index in [0.29, 0.717) is 0 Å². The largest absolute Gasteiger partial charge is 0.365 e. The van der Waals surface area contributed by atoms with Crippen molar-refractivity contribution < 1.29 is 0 Å². The summed E-state index contributed by atoms with van der Waals surface area (Å²) in [5, 5.41) is 10.8. The van der Waals surface area contributed by atoms with Gasteiger partial charge in [0, 0.05) is 17.0 Å². The molecule has 0 saturated carbocycles. The number of hydrogen-bond donors (Lipinski definition) is 1. The zero-order chi connectivity index (χ0) is 16.4. The molecule has 0 aliphatic heterocycles. The van der Waals surface area contributed by atoms with E-state index in [1.807, 2.05) is 22.9 Å². The van der Waals surface area contributed by atoms with Crippen molar-refractivity contribution in [2.75, 3.05) is 5.32 Å². The summed E-state index contributed by atoms with van der Waals surface area (Å²) in [6.45, 7) is 2.82. The summed E-state index contributed by atoms with van der Waals surface area (Å²) in [7, 11) is 0. The number of nitrogens with one attached hydrogen (secondary N) is 1. The standard InChI is InChI=1S/C17H16N6S/c1-12(7-23-11-18-9-21-23)22-16-15-14(13-5-3-2-4-6-13)8-24-17(15)20-10-19-16/h2-6,8-12H,7H2,1H3,(H,19,20,22)/t12-/m1/s1. The predicted molar refractivity (Wildman–Crippen MR) is 96.0 cm³/mol. The number of fused-ring (bicyclic) bond motifs is 1. The Bertz CT molecular complexity index is 932. The fourth-order valence-corrected chi connectivity index (χ4v) is 3.62. The molecule has 3 heterocycles. The third kappa shape index (κ3) is 2.85. The first-order valence-corrected chi connectivity index (χ1v) is 8.56. The number of aromatic nitrogens is 5. The third-order valence-electron chi connectivity index (χ3n) is 3.77. The Morgan fingerprint density at radius 2 is 2.04 bits per heavy atom. The molecule has 0 saturated heterocycles. The van der Waals surface area contributed by atoms with Crippen molar-refractivity contribution in [2.24, 2.45) is 0 Å². The summed E-state index contributed by atoms with van der Waals surface area (Å²) in [5.41, 5.74) is 2.33. The summed E-state index contributed by atoms with van der Waals surface area (Å²) in [4.78, 5) is 13.8. The number of anilines is 1. The van der Waals surface area contributed by atoms with E-state index in [9.17, 15) is 0 Å². The maximum atomic E-state index is 4.47. The van der Waals surface area contributed by atoms with Crippen molar-refractivity contribution in [2.45, 2.75) is 19.5 Å². The molecule has 0 spiro atoms. The van der Waals surface area contributed by atoms with Crippen LogP contribution in [0.15, 0.2) is 54.7 Å². The van der Waals surface area contributed by atoms with Crippen LogP contribution in [0.3, 0.4) is 0 Å². The zero-order valence-electron chi connectivity index (χ0n) is 13.1. The molecule has 6 nitrogen and oxygen atoms in total. The van der Waals surface area contributed by atoms with Crippen molar-refractivity contribution in [1.29, 1.82) is 0 Å². The van der Waals surface area contributed by atoms with E-state index >= 15 is 0 Å². The second kappa shape index (κ2) is 6.37. The SMILES string of the molecule is C[C@H](Cn1cncn1)Nc1ncnc2scc(-c3ccccc3)c12. The van der Waals surface area contributed by atoms with Crippen molar-refractivity contribution in [1.82, 2.24) is 24.7 Å². The van der Waals surface area contributed by atoms with Gasteiger partial charge in [0.05, 0.1) is 11.9 Å². The first-order valence-electron chi connectivity index (χ1n) is 7.68. The summed E-state index contributed by atoms with van der Waals surface area (Å²) >= 11 is 1.64. The molecule has 1 N–H and O–H groups in total. The van der Waals surface area contributed by atoms with Crippen LogP contribution in [0.4, 0.5) is 5.82 Å². The molecule has 4 aromatic rings. The van der Waals surface area contributed by atoms with Crippen LogP contribution in [0.5, 0.6) is 0 Å². The van der Waals surface area contributed by atoms with Gasteiger partial charge in [-0.1, -0.05) is 30.3 Å². The fraction of sp³-hybridized carbons (Fsp3) is 0.176. The van der Waals surface area contributed by atoms with Crippen molar-refractivity contribution in [3.05, 3.63) is 54.7 Å². The van der Waals surface area contributed by atoms with Gasteiger partial charge in [-0.15, -0.1) is 11.3 Å². The molecule has 1 aromatic carbocycles. The monoisotopic (exact) mass is 336 g/mol. The lowest BCUT2D eigenvalue weighted by atomic mass is 10.1. The molecule has 24 heavy (non-hydrogen) atoms. The third-order valence-corrected chi connectivity index (χ3v) is 4.65. The highest BCUT2D eigenvalue weighted by Crippen LogP contribution is 2.36. The van der Waals surface area contributed by atoms with Crippen LogP contribution in [0.1, 0.15) is 6.92 Å². The van der Waals surface area contributed by atoms with Gasteiger partial charge in [0.15, 0.2) is 0 Å². The summed E-state index contributed by atoms with van der Waals surface area (Å²) in [6.07, 6.45) is 4.87. The smallest absolute Gasteiger partial charge is 0.139 e. The maximum Gasteiger partial charge on any atom is 0.139 e. The second-order valence-electron chi connectivity index (χ2n) is 5.58. The molecule has 0 radical (unpaired) electrons. The van der Waals surface area contributed by atoms with Gasteiger partial charge in [0.2, 0.25) is 0 Å². The number of hydrogen-bond acceptors (Lipinski definition) is 6. The molecule has 7 heteroatoms. The Morgan fingerprint density at radius 3 is 2.83 bits per heavy atom. The number of benzene rings is 1. The highest BCUT2D eigenvalue weighted by molar-refractivity contribution is 7.17. The molecule has 0 bridgehead atoms. The molecule has 0 fully saturated rings. The molecule has 0 aliphatic rings. The second-order valence-corrected chi connectivity index (χ2v) is 6.44. The topological polar surface area (TPSA) is 68.5 Å². The lowest BCUT2D eigenvalue weighted by Crippen LogP contribution is -2.23. The van der Waals surface area contributed by atoms with Gasteiger partial charge in [0.25, 0.3) is 0 Å². The first kappa shape index (κ1) is 14.8. The Hall–Kier alpha value is -2.80. The van der Waals surface area contributed by atoms with E-state index in [1.165, 1.54) is 5.56 Å². The highest BCUT2D eigenvalue weighted by Gasteiger charge is 2.14. The number of thiophene rings is 1. The van der Waals surface area contributed by atoms with Crippen LogP contribution in [0.2, 0.25) is 0 Å². The lowest BCUT2D eigenvalue weighted by Gasteiger charge is -2.15. The van der Waals surface area contributed by atoms with Crippen LogP contribution in [-0.4, -0.2) is 30.8 Å². The minimum Gasteiger partial charge on any atom is -0.365 e. The van der Waals surface area contributed by atoms with Gasteiger partial charge < -0.3 is 5.32 Å². The summed E-state index contributed by atoms with van der Waals surface area (Å²) < 4.78 is 1.81. The van der Waals surface area contributed by atoms with Crippen molar-refractivity contribution >= 4 is 27.4 Å². The van der Waals surface area contributed by atoms with Crippen LogP contribution in [0.25, 0.3) is 21.3 Å². The average Bonchev–Trinajstić information content (AvgIpc) is 3.25. The van der Waals surface area contributed by atoms with E-state index in [2.05, 4.69) is 49.8 Å². The number of nitrogens with zero attached hydrogens (tertiary/aromatic N) is 5. The van der Waals surface area contributed by atoms with E-state index < -0.39 is 0 Å². The molecule has 0 amide bonds. The van der Waals surface area contributed by atoms with Crippen LogP contribution < -0.4 is 5.32 Å². The summed E-state index contributed by atoms with van der Waals surface area (Å²) in [6, 6.07) is 10.5. The Morgan fingerprint density at radius 1 is 1.17 bits per heavy atom. The lowest BCUT2D eigenvalue weighted by molar-refractivity contribution is 0.558. The van der Waals surface area contributed by atoms with Gasteiger partial charge in [0.1, 0.15) is 29.6 Å². The molecule has 1 atom stereocenters. The highest BCUT2D eigenvalue weighted by atomic mass is 32.1. The van der Waals surface area contributed by atoms with Crippen LogP contribution in [0, 0.1) is 0 Å². The Kier molecular flexibility index (Phi) is 3.92. The van der Waals surface area contributed by atoms with E-state index in [-0.39, 0.29) is 6.04 Å². The molecule has 3 aromatic heterocycles. The molecule has 0 unspecified atom stereocenters. The number of rotatable bonds is 5. The van der Waals surface area contributed by atoms with E-state index in [1.54, 1.807) is 30.3 Å². The average molecular weight is 336 g/mol. The minimum absolute atomic E-state index is 0.160.